The largest absolute Gasteiger partial charge is 0.444 e. The topological polar surface area (TPSA) is 114 Å². The van der Waals surface area contributed by atoms with E-state index in [1.807, 2.05) is 47.6 Å². The first-order chi connectivity index (χ1) is 12.5. The molecule has 3 rings (SSSR count). The Balaban J connectivity index is 2.07. The van der Waals surface area contributed by atoms with Crippen LogP contribution in [0.15, 0.2) is 6.20 Å². The molecule has 0 aromatic carbocycles. The fourth-order valence-corrected chi connectivity index (χ4v) is 3.99. The minimum absolute atomic E-state index is 0.225. The molecule has 8 heteroatoms. The maximum atomic E-state index is 13.1. The lowest BCUT2D eigenvalue weighted by Gasteiger charge is -2.35. The quantitative estimate of drug-likeness (QED) is 0.820. The van der Waals surface area contributed by atoms with Crippen molar-refractivity contribution in [1.29, 1.82) is 5.26 Å². The molecule has 27 heavy (non-hydrogen) atoms. The Hall–Kier alpha value is -2.24. The van der Waals surface area contributed by atoms with Crippen LogP contribution >= 0.6 is 0 Å². The summed E-state index contributed by atoms with van der Waals surface area (Å²) in [6.45, 7) is 11.2. The number of anilines is 1. The van der Waals surface area contributed by atoms with Crippen molar-refractivity contribution in [3.63, 3.8) is 0 Å². The maximum Gasteiger partial charge on any atom is 0.411 e. The number of nitrogen functional groups attached to an aromatic ring is 1. The first kappa shape index (κ1) is 19.5. The second kappa shape index (κ2) is 6.43. The Morgan fingerprint density at radius 1 is 1.41 bits per heavy atom. The number of aromatic amines is 1. The van der Waals surface area contributed by atoms with E-state index in [0.29, 0.717) is 17.7 Å². The van der Waals surface area contributed by atoms with E-state index >= 15 is 0 Å². The van der Waals surface area contributed by atoms with E-state index < -0.39 is 29.6 Å². The SMILES string of the molecule is CC[C@@H]1[C@@H]2OC(C)(C)OC2[C@@H](c2c[nH]c(C#N)c2N)N1C(=O)OC(C)(C)C. The summed E-state index contributed by atoms with van der Waals surface area (Å²) in [6.07, 6.45) is 1.19. The van der Waals surface area contributed by atoms with Crippen LogP contribution in [0, 0.1) is 11.3 Å². The van der Waals surface area contributed by atoms with Crippen LogP contribution in [0.25, 0.3) is 0 Å². The molecule has 0 bridgehead atoms. The molecule has 0 radical (unpaired) electrons. The van der Waals surface area contributed by atoms with E-state index in [1.54, 1.807) is 11.1 Å². The lowest BCUT2D eigenvalue weighted by atomic mass is 10.0. The lowest BCUT2D eigenvalue weighted by molar-refractivity contribution is -0.167. The zero-order chi connectivity index (χ0) is 20.1. The molecule has 1 aromatic rings. The average Bonchev–Trinajstić information content (AvgIpc) is 3.13. The second-order valence-corrected chi connectivity index (χ2v) is 8.52. The average molecular weight is 376 g/mol. The molecule has 1 unspecified atom stereocenters. The Morgan fingerprint density at radius 3 is 2.56 bits per heavy atom. The highest BCUT2D eigenvalue weighted by Gasteiger charge is 2.60. The molecule has 0 aliphatic carbocycles. The summed E-state index contributed by atoms with van der Waals surface area (Å²) in [6, 6.07) is 1.31. The number of carbonyl (C=O) groups is 1. The van der Waals surface area contributed by atoms with Gasteiger partial charge in [-0.2, -0.15) is 5.26 Å². The summed E-state index contributed by atoms with van der Waals surface area (Å²) >= 11 is 0. The number of H-pyrrole nitrogens is 1. The van der Waals surface area contributed by atoms with E-state index in [0.717, 1.165) is 0 Å². The van der Waals surface area contributed by atoms with Gasteiger partial charge in [-0.1, -0.05) is 6.92 Å². The number of amides is 1. The number of fused-ring (bicyclic) bond motifs is 1. The van der Waals surface area contributed by atoms with Crippen molar-refractivity contribution in [2.45, 2.75) is 83.6 Å². The second-order valence-electron chi connectivity index (χ2n) is 8.52. The van der Waals surface area contributed by atoms with Crippen LogP contribution in [0.4, 0.5) is 10.5 Å². The van der Waals surface area contributed by atoms with Gasteiger partial charge in [0.2, 0.25) is 0 Å². The summed E-state index contributed by atoms with van der Waals surface area (Å²) in [7, 11) is 0. The summed E-state index contributed by atoms with van der Waals surface area (Å²) in [4.78, 5) is 17.6. The Kier molecular flexibility index (Phi) is 4.65. The molecular weight excluding hydrogens is 348 g/mol. The third-order valence-electron chi connectivity index (χ3n) is 4.92. The highest BCUT2D eigenvalue weighted by molar-refractivity contribution is 5.72. The maximum absolute atomic E-state index is 13.1. The third-order valence-corrected chi connectivity index (χ3v) is 4.92. The molecule has 4 atom stereocenters. The van der Waals surface area contributed by atoms with E-state index in [9.17, 15) is 10.1 Å². The molecule has 1 aromatic heterocycles. The minimum Gasteiger partial charge on any atom is -0.444 e. The van der Waals surface area contributed by atoms with Gasteiger partial charge >= 0.3 is 6.09 Å². The Morgan fingerprint density at radius 2 is 2.04 bits per heavy atom. The van der Waals surface area contributed by atoms with Gasteiger partial charge in [0, 0.05) is 11.8 Å². The molecular formula is C19H28N4O4. The Bertz CT molecular complexity index is 774. The van der Waals surface area contributed by atoms with Crippen LogP contribution in [-0.4, -0.2) is 45.6 Å². The fourth-order valence-electron chi connectivity index (χ4n) is 3.99. The molecule has 3 heterocycles. The molecule has 2 fully saturated rings. The van der Waals surface area contributed by atoms with E-state index in [4.69, 9.17) is 19.9 Å². The van der Waals surface area contributed by atoms with Gasteiger partial charge in [-0.25, -0.2) is 4.79 Å². The van der Waals surface area contributed by atoms with E-state index in [1.165, 1.54) is 0 Å². The predicted molar refractivity (Wildman–Crippen MR) is 98.6 cm³/mol. The van der Waals surface area contributed by atoms with Crippen molar-refractivity contribution in [2.24, 2.45) is 0 Å². The van der Waals surface area contributed by atoms with Crippen molar-refractivity contribution in [3.8, 4) is 6.07 Å². The number of ether oxygens (including phenoxy) is 3. The van der Waals surface area contributed by atoms with Crippen molar-refractivity contribution >= 4 is 11.8 Å². The van der Waals surface area contributed by atoms with E-state index in [2.05, 4.69) is 4.98 Å². The number of aromatic nitrogens is 1. The highest BCUT2D eigenvalue weighted by Crippen LogP contribution is 2.49. The molecule has 0 saturated carbocycles. The number of nitrogens with zero attached hydrogens (tertiary/aromatic N) is 2. The van der Waals surface area contributed by atoms with Gasteiger partial charge in [-0.05, 0) is 41.0 Å². The monoisotopic (exact) mass is 376 g/mol. The molecule has 2 aliphatic heterocycles. The zero-order valence-electron chi connectivity index (χ0n) is 16.7. The molecule has 2 aliphatic rings. The fraction of sp³-hybridized carbons (Fsp3) is 0.684. The van der Waals surface area contributed by atoms with Crippen LogP contribution in [0.2, 0.25) is 0 Å². The molecule has 3 N–H and O–H groups in total. The molecule has 1 amide bonds. The highest BCUT2D eigenvalue weighted by atomic mass is 16.8. The number of rotatable bonds is 2. The minimum atomic E-state index is -0.760. The number of nitrogens with one attached hydrogen (secondary N) is 1. The van der Waals surface area contributed by atoms with Gasteiger partial charge < -0.3 is 24.9 Å². The lowest BCUT2D eigenvalue weighted by Crippen LogP contribution is -2.45. The van der Waals surface area contributed by atoms with Crippen LogP contribution in [0.5, 0.6) is 0 Å². The van der Waals surface area contributed by atoms with Crippen LogP contribution < -0.4 is 5.73 Å². The van der Waals surface area contributed by atoms with Crippen molar-refractivity contribution < 1.29 is 19.0 Å². The van der Waals surface area contributed by atoms with Crippen LogP contribution in [0.3, 0.4) is 0 Å². The van der Waals surface area contributed by atoms with Gasteiger partial charge in [0.15, 0.2) is 5.79 Å². The summed E-state index contributed by atoms with van der Waals surface area (Å²) in [5, 5.41) is 9.25. The number of likely N-dealkylation sites (tertiary alicyclic amines) is 1. The molecule has 2 saturated heterocycles. The van der Waals surface area contributed by atoms with Gasteiger partial charge in [0.25, 0.3) is 0 Å². The molecule has 0 spiro atoms. The van der Waals surface area contributed by atoms with Crippen molar-refractivity contribution in [3.05, 3.63) is 17.5 Å². The van der Waals surface area contributed by atoms with Crippen molar-refractivity contribution in [2.75, 3.05) is 5.73 Å². The standard InChI is InChI=1S/C19H28N4O4/c1-7-12-15-16(26-19(5,6)25-15)14(10-9-22-11(8-20)13(10)21)23(12)17(24)27-18(2,3)4/h9,12,14-16,22H,7,21H2,1-6H3/t12-,14-,15+,16?/m1/s1. The predicted octanol–water partition coefficient (Wildman–Crippen LogP) is 3.06. The normalized spacial score (nSPS) is 29.4. The Labute approximate surface area is 159 Å². The zero-order valence-corrected chi connectivity index (χ0v) is 16.7. The molecule has 148 valence electrons. The number of carbonyl (C=O) groups excluding carboxylic acids is 1. The van der Waals surface area contributed by atoms with Gasteiger partial charge in [0.1, 0.15) is 29.6 Å². The van der Waals surface area contributed by atoms with Crippen molar-refractivity contribution in [1.82, 2.24) is 9.88 Å². The van der Waals surface area contributed by atoms with Crippen LogP contribution in [0.1, 0.15) is 65.3 Å². The summed E-state index contributed by atoms with van der Waals surface area (Å²) < 4.78 is 17.9. The third kappa shape index (κ3) is 3.37. The summed E-state index contributed by atoms with van der Waals surface area (Å²) in [5.74, 6) is -0.760. The summed E-state index contributed by atoms with van der Waals surface area (Å²) in [5.41, 5.74) is 6.78. The number of nitrogens with two attached hydrogens (primary N) is 1. The van der Waals surface area contributed by atoms with Gasteiger partial charge in [0.05, 0.1) is 17.8 Å². The van der Waals surface area contributed by atoms with Gasteiger partial charge in [-0.3, -0.25) is 4.90 Å². The number of nitriles is 1. The number of hydrogen-bond acceptors (Lipinski definition) is 6. The smallest absolute Gasteiger partial charge is 0.411 e. The first-order valence-electron chi connectivity index (χ1n) is 9.23. The molecule has 8 nitrogen and oxygen atoms in total. The van der Waals surface area contributed by atoms with Crippen LogP contribution in [-0.2, 0) is 14.2 Å². The van der Waals surface area contributed by atoms with Gasteiger partial charge in [-0.15, -0.1) is 0 Å². The van der Waals surface area contributed by atoms with E-state index in [-0.39, 0.29) is 17.8 Å². The number of hydrogen-bond donors (Lipinski definition) is 2. The first-order valence-corrected chi connectivity index (χ1v) is 9.23.